The molecule has 134 valence electrons. The number of carbonyl (C=O) groups excluding carboxylic acids is 2. The summed E-state index contributed by atoms with van der Waals surface area (Å²) in [5.74, 6) is 0.262. The second-order valence-corrected chi connectivity index (χ2v) is 7.64. The normalized spacial score (nSPS) is 11.7. The molecule has 0 spiro atoms. The van der Waals surface area contributed by atoms with Crippen LogP contribution in [-0.2, 0) is 11.3 Å². The first-order valence-electron chi connectivity index (χ1n) is 8.46. The molecular weight excluding hydrogens is 302 g/mol. The third-order valence-corrected chi connectivity index (χ3v) is 3.56. The van der Waals surface area contributed by atoms with Crippen LogP contribution in [-0.4, -0.2) is 36.0 Å². The topological polar surface area (TPSA) is 61.4 Å². The van der Waals surface area contributed by atoms with Gasteiger partial charge in [-0.2, -0.15) is 0 Å². The van der Waals surface area contributed by atoms with Crippen LogP contribution >= 0.6 is 0 Å². The molecule has 0 radical (unpaired) electrons. The highest BCUT2D eigenvalue weighted by molar-refractivity contribution is 5.94. The summed E-state index contributed by atoms with van der Waals surface area (Å²) in [6, 6.07) is 8.11. The summed E-state index contributed by atoms with van der Waals surface area (Å²) in [5.41, 5.74) is 2.18. The summed E-state index contributed by atoms with van der Waals surface area (Å²) in [5, 5.41) is 5.07. The fourth-order valence-corrected chi connectivity index (χ4v) is 2.25. The number of urea groups is 1. The minimum atomic E-state index is -0.445. The van der Waals surface area contributed by atoms with Crippen molar-refractivity contribution in [3.05, 3.63) is 35.4 Å². The SMILES string of the molecule is CC(C)c1ccc(CN(C)CCC(=O)NC(=O)NC(C)(C)C)cc1. The second-order valence-electron chi connectivity index (χ2n) is 7.64. The maximum absolute atomic E-state index is 11.8. The van der Waals surface area contributed by atoms with Gasteiger partial charge in [0, 0.05) is 25.0 Å². The Balaban J connectivity index is 2.36. The van der Waals surface area contributed by atoms with Gasteiger partial charge in [0.15, 0.2) is 0 Å². The van der Waals surface area contributed by atoms with Crippen molar-refractivity contribution < 1.29 is 9.59 Å². The monoisotopic (exact) mass is 333 g/mol. The zero-order valence-corrected chi connectivity index (χ0v) is 15.8. The third kappa shape index (κ3) is 8.11. The number of hydrogen-bond acceptors (Lipinski definition) is 3. The second kappa shape index (κ2) is 8.83. The quantitative estimate of drug-likeness (QED) is 0.840. The van der Waals surface area contributed by atoms with Crippen LogP contribution < -0.4 is 10.6 Å². The highest BCUT2D eigenvalue weighted by atomic mass is 16.2. The van der Waals surface area contributed by atoms with Gasteiger partial charge in [0.1, 0.15) is 0 Å². The molecule has 0 saturated carbocycles. The first-order valence-corrected chi connectivity index (χ1v) is 8.46. The molecule has 0 aromatic heterocycles. The van der Waals surface area contributed by atoms with Crippen molar-refractivity contribution in [1.29, 1.82) is 0 Å². The Bertz CT molecular complexity index is 545. The molecule has 0 aliphatic carbocycles. The molecular formula is C19H31N3O2. The Morgan fingerprint density at radius 3 is 2.21 bits per heavy atom. The smallest absolute Gasteiger partial charge is 0.321 e. The van der Waals surface area contributed by atoms with Crippen molar-refractivity contribution in [2.24, 2.45) is 0 Å². The van der Waals surface area contributed by atoms with E-state index in [0.717, 1.165) is 6.54 Å². The van der Waals surface area contributed by atoms with Crippen molar-refractivity contribution in [2.75, 3.05) is 13.6 Å². The molecule has 0 bridgehead atoms. The van der Waals surface area contributed by atoms with E-state index in [4.69, 9.17) is 0 Å². The predicted octanol–water partition coefficient (Wildman–Crippen LogP) is 3.26. The van der Waals surface area contributed by atoms with E-state index < -0.39 is 6.03 Å². The number of imide groups is 1. The van der Waals surface area contributed by atoms with Gasteiger partial charge < -0.3 is 10.2 Å². The van der Waals surface area contributed by atoms with Crippen molar-refractivity contribution in [1.82, 2.24) is 15.5 Å². The van der Waals surface area contributed by atoms with E-state index in [0.29, 0.717) is 12.5 Å². The number of rotatable bonds is 6. The van der Waals surface area contributed by atoms with Gasteiger partial charge in [-0.25, -0.2) is 4.79 Å². The first kappa shape index (κ1) is 20.2. The minimum Gasteiger partial charge on any atom is -0.333 e. The summed E-state index contributed by atoms with van der Waals surface area (Å²) in [7, 11) is 1.97. The van der Waals surface area contributed by atoms with Gasteiger partial charge in [0.05, 0.1) is 0 Å². The van der Waals surface area contributed by atoms with Crippen molar-refractivity contribution in [3.63, 3.8) is 0 Å². The van der Waals surface area contributed by atoms with Gasteiger partial charge in [-0.1, -0.05) is 38.1 Å². The maximum Gasteiger partial charge on any atom is 0.321 e. The van der Waals surface area contributed by atoms with Crippen LogP contribution in [0.1, 0.15) is 58.1 Å². The maximum atomic E-state index is 11.8. The van der Waals surface area contributed by atoms with Gasteiger partial charge in [-0.3, -0.25) is 10.1 Å². The zero-order chi connectivity index (χ0) is 18.3. The van der Waals surface area contributed by atoms with Crippen molar-refractivity contribution >= 4 is 11.9 Å². The molecule has 5 heteroatoms. The van der Waals surface area contributed by atoms with E-state index in [-0.39, 0.29) is 17.9 Å². The molecule has 5 nitrogen and oxygen atoms in total. The Morgan fingerprint density at radius 2 is 1.71 bits per heavy atom. The summed E-state index contributed by atoms with van der Waals surface area (Å²) >= 11 is 0. The highest BCUT2D eigenvalue weighted by Gasteiger charge is 2.15. The summed E-state index contributed by atoms with van der Waals surface area (Å²) in [4.78, 5) is 25.5. The lowest BCUT2D eigenvalue weighted by Crippen LogP contribution is -2.48. The molecule has 1 aromatic rings. The Morgan fingerprint density at radius 1 is 1.12 bits per heavy atom. The number of amides is 3. The average Bonchev–Trinajstić information content (AvgIpc) is 2.43. The van der Waals surface area contributed by atoms with Crippen LogP contribution in [0.3, 0.4) is 0 Å². The first-order chi connectivity index (χ1) is 11.1. The molecule has 0 atom stereocenters. The number of nitrogens with zero attached hydrogens (tertiary/aromatic N) is 1. The van der Waals surface area contributed by atoms with E-state index in [1.54, 1.807) is 0 Å². The van der Waals surface area contributed by atoms with Gasteiger partial charge in [-0.15, -0.1) is 0 Å². The Hall–Kier alpha value is -1.88. The molecule has 0 aliphatic rings. The Labute approximate surface area is 145 Å². The van der Waals surface area contributed by atoms with Gasteiger partial charge in [-0.05, 0) is 44.9 Å². The third-order valence-electron chi connectivity index (χ3n) is 3.56. The molecule has 0 heterocycles. The fraction of sp³-hybridized carbons (Fsp3) is 0.579. The fourth-order valence-electron chi connectivity index (χ4n) is 2.25. The number of nitrogens with one attached hydrogen (secondary N) is 2. The number of carbonyl (C=O) groups is 2. The molecule has 2 N–H and O–H groups in total. The molecule has 0 saturated heterocycles. The molecule has 0 fully saturated rings. The van der Waals surface area contributed by atoms with Crippen LogP contribution in [0.4, 0.5) is 4.79 Å². The summed E-state index contributed by atoms with van der Waals surface area (Å²) in [6.45, 7) is 11.3. The molecule has 24 heavy (non-hydrogen) atoms. The predicted molar refractivity (Wildman–Crippen MR) is 97.9 cm³/mol. The van der Waals surface area contributed by atoms with Gasteiger partial charge in [0.25, 0.3) is 0 Å². The molecule has 3 amide bonds. The standard InChI is InChI=1S/C19H31N3O2/c1-14(2)16-9-7-15(8-10-16)13-22(6)12-11-17(23)20-18(24)21-19(3,4)5/h7-10,14H,11-13H2,1-6H3,(H2,20,21,23,24). The number of hydrogen-bond donors (Lipinski definition) is 2. The van der Waals surface area contributed by atoms with Crippen LogP contribution in [0.15, 0.2) is 24.3 Å². The van der Waals surface area contributed by atoms with Crippen LogP contribution in [0.2, 0.25) is 0 Å². The minimum absolute atomic E-state index is 0.265. The van der Waals surface area contributed by atoms with E-state index in [2.05, 4.69) is 53.6 Å². The molecule has 0 aliphatic heterocycles. The van der Waals surface area contributed by atoms with E-state index >= 15 is 0 Å². The van der Waals surface area contributed by atoms with E-state index in [1.807, 2.05) is 27.8 Å². The zero-order valence-electron chi connectivity index (χ0n) is 15.8. The van der Waals surface area contributed by atoms with Crippen molar-refractivity contribution in [3.8, 4) is 0 Å². The van der Waals surface area contributed by atoms with E-state index in [9.17, 15) is 9.59 Å². The van der Waals surface area contributed by atoms with E-state index in [1.165, 1.54) is 11.1 Å². The molecule has 0 unspecified atom stereocenters. The molecule has 1 aromatic carbocycles. The highest BCUT2D eigenvalue weighted by Crippen LogP contribution is 2.15. The van der Waals surface area contributed by atoms with Gasteiger partial charge in [0.2, 0.25) is 5.91 Å². The summed E-state index contributed by atoms with van der Waals surface area (Å²) in [6.07, 6.45) is 0.290. The Kier molecular flexibility index (Phi) is 7.42. The number of benzene rings is 1. The summed E-state index contributed by atoms with van der Waals surface area (Å²) < 4.78 is 0. The van der Waals surface area contributed by atoms with Crippen LogP contribution in [0, 0.1) is 0 Å². The largest absolute Gasteiger partial charge is 0.333 e. The van der Waals surface area contributed by atoms with Crippen LogP contribution in [0.25, 0.3) is 0 Å². The lowest BCUT2D eigenvalue weighted by molar-refractivity contribution is -0.120. The van der Waals surface area contributed by atoms with Crippen LogP contribution in [0.5, 0.6) is 0 Å². The molecule has 1 rings (SSSR count). The lowest BCUT2D eigenvalue weighted by Gasteiger charge is -2.21. The van der Waals surface area contributed by atoms with Gasteiger partial charge >= 0.3 is 6.03 Å². The lowest BCUT2D eigenvalue weighted by atomic mass is 10.0. The average molecular weight is 333 g/mol. The van der Waals surface area contributed by atoms with Crippen molar-refractivity contribution in [2.45, 2.75) is 59.0 Å².